The zero-order valence-electron chi connectivity index (χ0n) is 21.1. The lowest BCUT2D eigenvalue weighted by molar-refractivity contribution is -0.153. The Kier molecular flexibility index (Phi) is 8.91. The summed E-state index contributed by atoms with van der Waals surface area (Å²) in [5, 5.41) is 0. The van der Waals surface area contributed by atoms with E-state index in [1.54, 1.807) is 0 Å². The van der Waals surface area contributed by atoms with Crippen molar-refractivity contribution >= 4 is 43.4 Å². The van der Waals surface area contributed by atoms with E-state index in [9.17, 15) is 4.79 Å². The van der Waals surface area contributed by atoms with Gasteiger partial charge in [0.2, 0.25) is 0 Å². The summed E-state index contributed by atoms with van der Waals surface area (Å²) in [5.41, 5.74) is -0.299. The van der Waals surface area contributed by atoms with E-state index < -0.39 is 37.5 Å². The predicted molar refractivity (Wildman–Crippen MR) is 138 cm³/mol. The van der Waals surface area contributed by atoms with Gasteiger partial charge in [-0.15, -0.1) is 0 Å². The lowest BCUT2D eigenvalue weighted by atomic mass is 9.90. The van der Waals surface area contributed by atoms with Gasteiger partial charge in [0.1, 0.15) is 0 Å². The largest absolute Gasteiger partial charge is 0.466 e. The smallest absolute Gasteiger partial charge is 0.311 e. The topological polar surface area (TPSA) is 26.3 Å². The molecule has 2 nitrogen and oxygen atoms in total. The van der Waals surface area contributed by atoms with E-state index in [1.165, 1.54) is 6.04 Å². The minimum absolute atomic E-state index is 0.0667. The minimum atomic E-state index is -1.44. The third kappa shape index (κ3) is 6.52. The Morgan fingerprint density at radius 1 is 0.778 bits per heavy atom. The maximum Gasteiger partial charge on any atom is 0.311 e. The van der Waals surface area contributed by atoms with Gasteiger partial charge in [0, 0.05) is 37.5 Å². The number of ether oxygens (including phenoxy) is 1. The number of hydrogen-bond donors (Lipinski definition) is 0. The molecule has 0 spiro atoms. The second-order valence-electron chi connectivity index (χ2n) is 13.2. The highest BCUT2D eigenvalue weighted by Gasteiger charge is 2.61. The molecule has 0 bridgehead atoms. The maximum absolute atomic E-state index is 13.1. The Morgan fingerprint density at radius 2 is 1.15 bits per heavy atom. The molecule has 7 heteroatoms. The molecule has 0 heterocycles. The molecule has 0 aromatic carbocycles. The molecule has 0 saturated carbocycles. The minimum Gasteiger partial charge on any atom is -0.466 e. The van der Waals surface area contributed by atoms with Crippen LogP contribution in [0.3, 0.4) is 0 Å². The number of carbonyl (C=O) groups excluding carboxylic acids is 1. The van der Waals surface area contributed by atoms with Crippen molar-refractivity contribution in [1.29, 1.82) is 0 Å². The van der Waals surface area contributed by atoms with Gasteiger partial charge >= 0.3 is 5.97 Å². The van der Waals surface area contributed by atoms with Crippen molar-refractivity contribution in [1.82, 2.24) is 0 Å². The van der Waals surface area contributed by atoms with Gasteiger partial charge < -0.3 is 4.74 Å². The second kappa shape index (κ2) is 8.74. The number of rotatable bonds is 10. The van der Waals surface area contributed by atoms with Crippen molar-refractivity contribution in [3.8, 4) is 0 Å². The van der Waals surface area contributed by atoms with E-state index in [-0.39, 0.29) is 11.4 Å². The predicted octanol–water partition coefficient (Wildman–Crippen LogP) is 6.98. The van der Waals surface area contributed by atoms with Crippen LogP contribution in [-0.2, 0) is 9.53 Å². The van der Waals surface area contributed by atoms with Crippen LogP contribution in [0.4, 0.5) is 0 Å². The zero-order chi connectivity index (χ0) is 22.1. The third-order valence-electron chi connectivity index (χ3n) is 6.74. The normalized spacial score (nSPS) is 16.8. The first-order valence-electron chi connectivity index (χ1n) is 10.8. The lowest BCUT2D eigenvalue weighted by Gasteiger charge is -2.57. The maximum atomic E-state index is 13.1. The van der Waals surface area contributed by atoms with Crippen molar-refractivity contribution in [2.45, 2.75) is 111 Å². The SMILES string of the molecule is CCC(C)(C[Si](C)(C)C)C(=O)OCC[Si]([Si](C)(C)C)([Si](C)(C)C)[Si](C)(C)C. The molecule has 0 saturated heterocycles. The van der Waals surface area contributed by atoms with Crippen LogP contribution in [0.2, 0.25) is 90.7 Å². The molecule has 0 aliphatic heterocycles. The molecule has 0 rings (SSSR count). The Labute approximate surface area is 175 Å². The molecule has 162 valence electrons. The molecule has 0 aromatic heterocycles. The van der Waals surface area contributed by atoms with Crippen LogP contribution < -0.4 is 0 Å². The first-order chi connectivity index (χ1) is 11.6. The fraction of sp³-hybridized carbons (Fsp3) is 0.950. The summed E-state index contributed by atoms with van der Waals surface area (Å²) < 4.78 is 6.07. The van der Waals surface area contributed by atoms with Gasteiger partial charge in [-0.25, -0.2) is 0 Å². The van der Waals surface area contributed by atoms with Crippen LogP contribution in [0, 0.1) is 5.41 Å². The Hall–Kier alpha value is 0.554. The van der Waals surface area contributed by atoms with E-state index in [1.807, 2.05) is 0 Å². The van der Waals surface area contributed by atoms with Gasteiger partial charge in [0.25, 0.3) is 0 Å². The molecule has 0 aromatic rings. The van der Waals surface area contributed by atoms with Crippen molar-refractivity contribution in [3.63, 3.8) is 0 Å². The fourth-order valence-corrected chi connectivity index (χ4v) is 107. The van der Waals surface area contributed by atoms with E-state index in [2.05, 4.69) is 92.4 Å². The number of esters is 1. The monoisotopic (exact) mass is 462 g/mol. The highest BCUT2D eigenvalue weighted by molar-refractivity contribution is 7.89. The van der Waals surface area contributed by atoms with Crippen LogP contribution in [0.25, 0.3) is 0 Å². The molecular weight excluding hydrogens is 413 g/mol. The van der Waals surface area contributed by atoms with E-state index in [4.69, 9.17) is 4.74 Å². The first kappa shape index (κ1) is 27.6. The second-order valence-corrected chi connectivity index (χ2v) is 60.2. The third-order valence-corrected chi connectivity index (χ3v) is 83.0. The summed E-state index contributed by atoms with van der Waals surface area (Å²) >= 11 is 0. The standard InChI is InChI=1S/C20H50O2Si5/c1-15-20(2,18-23(3,4)5)19(21)22-16-17-27(24(6,7)8,25(9,10)11)26(12,13)14/h15-18H2,1-14H3. The summed E-state index contributed by atoms with van der Waals surface area (Å²) in [6, 6.07) is 2.24. The summed E-state index contributed by atoms with van der Waals surface area (Å²) in [5.74, 6) is 0.0667. The summed E-state index contributed by atoms with van der Waals surface area (Å²) in [6.07, 6.45) is 0.884. The number of carbonyl (C=O) groups is 1. The van der Waals surface area contributed by atoms with Crippen LogP contribution in [0.15, 0.2) is 0 Å². The highest BCUT2D eigenvalue weighted by Crippen LogP contribution is 2.40. The van der Waals surface area contributed by atoms with Crippen LogP contribution in [0.1, 0.15) is 20.3 Å². The molecule has 0 amide bonds. The van der Waals surface area contributed by atoms with Gasteiger partial charge in [-0.3, -0.25) is 4.79 Å². The molecule has 0 N–H and O–H groups in total. The van der Waals surface area contributed by atoms with Crippen molar-refractivity contribution in [3.05, 3.63) is 0 Å². The summed E-state index contributed by atoms with van der Waals surface area (Å²) in [4.78, 5) is 13.1. The van der Waals surface area contributed by atoms with Gasteiger partial charge in [0.15, 0.2) is 0 Å². The first-order valence-corrected chi connectivity index (χ1v) is 30.2. The van der Waals surface area contributed by atoms with Crippen LogP contribution in [0.5, 0.6) is 0 Å². The summed E-state index contributed by atoms with van der Waals surface area (Å²) in [6.45, 7) is 34.1. The molecule has 0 aliphatic rings. The average Bonchev–Trinajstić information content (AvgIpc) is 2.36. The summed E-state index contributed by atoms with van der Waals surface area (Å²) in [7, 11) is -5.20. The molecular formula is C20H50O2Si5. The highest BCUT2D eigenvalue weighted by atomic mass is 29.9. The van der Waals surface area contributed by atoms with E-state index >= 15 is 0 Å². The quantitative estimate of drug-likeness (QED) is 0.258. The van der Waals surface area contributed by atoms with Crippen LogP contribution >= 0.6 is 0 Å². The van der Waals surface area contributed by atoms with Gasteiger partial charge in [0.05, 0.1) is 12.0 Å². The molecule has 0 radical (unpaired) electrons. The lowest BCUT2D eigenvalue weighted by Crippen LogP contribution is -2.82. The molecule has 27 heavy (non-hydrogen) atoms. The van der Waals surface area contributed by atoms with Crippen molar-refractivity contribution in [2.75, 3.05) is 6.61 Å². The molecule has 0 fully saturated rings. The van der Waals surface area contributed by atoms with Gasteiger partial charge in [-0.1, -0.05) is 85.5 Å². The molecule has 1 unspecified atom stereocenters. The number of hydrogen-bond acceptors (Lipinski definition) is 2. The Balaban J connectivity index is 5.59. The van der Waals surface area contributed by atoms with Crippen LogP contribution in [-0.4, -0.2) is 50.1 Å². The average molecular weight is 463 g/mol. The molecule has 0 aliphatic carbocycles. The van der Waals surface area contributed by atoms with E-state index in [0.29, 0.717) is 6.61 Å². The zero-order valence-corrected chi connectivity index (χ0v) is 26.1. The van der Waals surface area contributed by atoms with Crippen molar-refractivity contribution in [2.24, 2.45) is 5.41 Å². The van der Waals surface area contributed by atoms with Crippen molar-refractivity contribution < 1.29 is 9.53 Å². The van der Waals surface area contributed by atoms with Gasteiger partial charge in [-0.2, -0.15) is 0 Å². The molecule has 1 atom stereocenters. The van der Waals surface area contributed by atoms with Gasteiger partial charge in [-0.05, 0) is 25.4 Å². The Bertz CT molecular complexity index is 470. The fourth-order valence-electron chi connectivity index (χ4n) is 6.48. The van der Waals surface area contributed by atoms with E-state index in [0.717, 1.165) is 12.5 Å². The Morgan fingerprint density at radius 3 is 1.41 bits per heavy atom.